The van der Waals surface area contributed by atoms with Gasteiger partial charge in [-0.1, -0.05) is 6.07 Å². The number of carbonyl (C=O) groups excluding carboxylic acids is 1. The zero-order chi connectivity index (χ0) is 15.2. The molecule has 0 spiro atoms. The van der Waals surface area contributed by atoms with E-state index in [-0.39, 0.29) is 5.91 Å². The van der Waals surface area contributed by atoms with Crippen molar-refractivity contribution in [2.75, 3.05) is 53.4 Å². The molecular weight excluding hydrogens is 264 g/mol. The van der Waals surface area contributed by atoms with Crippen LogP contribution in [0.5, 0.6) is 0 Å². The second kappa shape index (κ2) is 7.52. The van der Waals surface area contributed by atoms with E-state index in [1.807, 2.05) is 36.9 Å². The van der Waals surface area contributed by atoms with Crippen LogP contribution in [0.25, 0.3) is 0 Å². The Labute approximate surface area is 127 Å². The van der Waals surface area contributed by atoms with Crippen LogP contribution in [-0.4, -0.2) is 79.0 Å². The van der Waals surface area contributed by atoms with Gasteiger partial charge in [0.2, 0.25) is 5.91 Å². The summed E-state index contributed by atoms with van der Waals surface area (Å²) in [5, 5.41) is 0. The number of hydrogen-bond donors (Lipinski definition) is 0. The SMILES string of the molecule is Cc1cccc(CCN2CCN(C(=O)CN(C)C)CC2)n1. The number of nitrogens with zero attached hydrogens (tertiary/aromatic N) is 4. The van der Waals surface area contributed by atoms with Gasteiger partial charge >= 0.3 is 0 Å². The number of hydrogen-bond acceptors (Lipinski definition) is 4. The summed E-state index contributed by atoms with van der Waals surface area (Å²) in [6, 6.07) is 6.18. The molecule has 2 rings (SSSR count). The van der Waals surface area contributed by atoms with E-state index in [0.717, 1.165) is 50.5 Å². The van der Waals surface area contributed by atoms with E-state index in [4.69, 9.17) is 0 Å². The maximum absolute atomic E-state index is 12.0. The molecule has 1 fully saturated rings. The maximum Gasteiger partial charge on any atom is 0.236 e. The monoisotopic (exact) mass is 290 g/mol. The molecule has 0 saturated carbocycles. The Morgan fingerprint density at radius 1 is 1.24 bits per heavy atom. The van der Waals surface area contributed by atoms with Crippen LogP contribution >= 0.6 is 0 Å². The highest BCUT2D eigenvalue weighted by molar-refractivity contribution is 5.78. The summed E-state index contributed by atoms with van der Waals surface area (Å²) < 4.78 is 0. The second-order valence-corrected chi connectivity index (χ2v) is 5.98. The smallest absolute Gasteiger partial charge is 0.236 e. The van der Waals surface area contributed by atoms with Crippen LogP contribution in [0.3, 0.4) is 0 Å². The lowest BCUT2D eigenvalue weighted by Crippen LogP contribution is -2.51. The van der Waals surface area contributed by atoms with Gasteiger partial charge in [-0.2, -0.15) is 0 Å². The highest BCUT2D eigenvalue weighted by Gasteiger charge is 2.20. The van der Waals surface area contributed by atoms with Gasteiger partial charge in [0.15, 0.2) is 0 Å². The van der Waals surface area contributed by atoms with E-state index < -0.39 is 0 Å². The quantitative estimate of drug-likeness (QED) is 0.798. The number of amides is 1. The van der Waals surface area contributed by atoms with Crippen molar-refractivity contribution in [1.29, 1.82) is 0 Å². The van der Waals surface area contributed by atoms with Crippen molar-refractivity contribution in [3.8, 4) is 0 Å². The van der Waals surface area contributed by atoms with E-state index >= 15 is 0 Å². The van der Waals surface area contributed by atoms with E-state index in [1.165, 1.54) is 0 Å². The highest BCUT2D eigenvalue weighted by atomic mass is 16.2. The van der Waals surface area contributed by atoms with Crippen LogP contribution in [0.4, 0.5) is 0 Å². The second-order valence-electron chi connectivity index (χ2n) is 5.98. The number of aryl methyl sites for hydroxylation is 1. The van der Waals surface area contributed by atoms with Gasteiger partial charge in [-0.05, 0) is 33.2 Å². The van der Waals surface area contributed by atoms with Crippen LogP contribution in [-0.2, 0) is 11.2 Å². The Kier molecular flexibility index (Phi) is 5.70. The predicted molar refractivity (Wildman–Crippen MR) is 84.3 cm³/mol. The van der Waals surface area contributed by atoms with Crippen molar-refractivity contribution in [3.05, 3.63) is 29.6 Å². The Morgan fingerprint density at radius 3 is 2.57 bits per heavy atom. The molecule has 0 unspecified atom stereocenters. The Morgan fingerprint density at radius 2 is 1.95 bits per heavy atom. The van der Waals surface area contributed by atoms with Gasteiger partial charge in [-0.3, -0.25) is 14.7 Å². The molecule has 1 saturated heterocycles. The molecule has 1 aromatic heterocycles. The summed E-state index contributed by atoms with van der Waals surface area (Å²) in [6.45, 7) is 7.16. The Balaban J connectivity index is 1.73. The summed E-state index contributed by atoms with van der Waals surface area (Å²) in [6.07, 6.45) is 0.979. The first kappa shape index (κ1) is 15.9. The third kappa shape index (κ3) is 5.10. The van der Waals surface area contributed by atoms with E-state index in [9.17, 15) is 4.79 Å². The summed E-state index contributed by atoms with van der Waals surface area (Å²) in [5.41, 5.74) is 2.23. The zero-order valence-electron chi connectivity index (χ0n) is 13.4. The van der Waals surface area contributed by atoms with E-state index in [0.29, 0.717) is 6.54 Å². The third-order valence-corrected chi connectivity index (χ3v) is 3.81. The number of carbonyl (C=O) groups is 1. The molecule has 2 heterocycles. The molecule has 1 aliphatic rings. The van der Waals surface area contributed by atoms with Crippen LogP contribution in [0.1, 0.15) is 11.4 Å². The molecule has 1 amide bonds. The van der Waals surface area contributed by atoms with Crippen molar-refractivity contribution >= 4 is 5.91 Å². The molecule has 116 valence electrons. The van der Waals surface area contributed by atoms with E-state index in [2.05, 4.69) is 22.0 Å². The highest BCUT2D eigenvalue weighted by Crippen LogP contribution is 2.05. The summed E-state index contributed by atoms with van der Waals surface area (Å²) >= 11 is 0. The molecule has 0 radical (unpaired) electrons. The fraction of sp³-hybridized carbons (Fsp3) is 0.625. The van der Waals surface area contributed by atoms with Crippen LogP contribution in [0.2, 0.25) is 0 Å². The molecule has 1 aliphatic heterocycles. The molecule has 21 heavy (non-hydrogen) atoms. The molecule has 0 N–H and O–H groups in total. The number of rotatable bonds is 5. The third-order valence-electron chi connectivity index (χ3n) is 3.81. The normalized spacial score (nSPS) is 16.5. The summed E-state index contributed by atoms with van der Waals surface area (Å²) in [7, 11) is 3.87. The number of piperazine rings is 1. The minimum absolute atomic E-state index is 0.236. The molecule has 0 bridgehead atoms. The molecule has 0 atom stereocenters. The summed E-state index contributed by atoms with van der Waals surface area (Å²) in [4.78, 5) is 22.8. The van der Waals surface area contributed by atoms with Gasteiger partial charge in [0.25, 0.3) is 0 Å². The zero-order valence-corrected chi connectivity index (χ0v) is 13.4. The summed E-state index contributed by atoms with van der Waals surface area (Å²) in [5.74, 6) is 0.236. The molecular formula is C16H26N4O. The molecule has 1 aromatic rings. The average Bonchev–Trinajstić information content (AvgIpc) is 2.45. The first-order chi connectivity index (χ1) is 10.0. The number of pyridine rings is 1. The first-order valence-corrected chi connectivity index (χ1v) is 7.62. The lowest BCUT2D eigenvalue weighted by Gasteiger charge is -2.35. The van der Waals surface area contributed by atoms with Crippen molar-refractivity contribution < 1.29 is 4.79 Å². The van der Waals surface area contributed by atoms with Gasteiger partial charge in [0, 0.05) is 50.5 Å². The molecule has 0 aliphatic carbocycles. The lowest BCUT2D eigenvalue weighted by molar-refractivity contribution is -0.133. The minimum atomic E-state index is 0.236. The van der Waals surface area contributed by atoms with Crippen LogP contribution in [0, 0.1) is 6.92 Å². The van der Waals surface area contributed by atoms with Gasteiger partial charge in [0.05, 0.1) is 6.54 Å². The minimum Gasteiger partial charge on any atom is -0.339 e. The van der Waals surface area contributed by atoms with Crippen molar-refractivity contribution in [1.82, 2.24) is 19.7 Å². The number of likely N-dealkylation sites (N-methyl/N-ethyl adjacent to an activating group) is 1. The topological polar surface area (TPSA) is 39.7 Å². The van der Waals surface area contributed by atoms with Gasteiger partial charge in [-0.15, -0.1) is 0 Å². The first-order valence-electron chi connectivity index (χ1n) is 7.62. The molecule has 5 heteroatoms. The largest absolute Gasteiger partial charge is 0.339 e. The molecule has 5 nitrogen and oxygen atoms in total. The van der Waals surface area contributed by atoms with Gasteiger partial charge in [0.1, 0.15) is 0 Å². The standard InChI is InChI=1S/C16H26N4O/c1-14-5-4-6-15(17-14)7-8-19-9-11-20(12-10-19)16(21)13-18(2)3/h4-6H,7-13H2,1-3H3. The fourth-order valence-electron chi connectivity index (χ4n) is 2.60. The van der Waals surface area contributed by atoms with Gasteiger partial charge < -0.3 is 9.80 Å². The maximum atomic E-state index is 12.0. The van der Waals surface area contributed by atoms with Crippen molar-refractivity contribution in [2.45, 2.75) is 13.3 Å². The van der Waals surface area contributed by atoms with Crippen molar-refractivity contribution in [2.24, 2.45) is 0 Å². The fourth-order valence-corrected chi connectivity index (χ4v) is 2.60. The number of aromatic nitrogens is 1. The van der Waals surface area contributed by atoms with Gasteiger partial charge in [-0.25, -0.2) is 0 Å². The predicted octanol–water partition coefficient (Wildman–Crippen LogP) is 0.638. The Hall–Kier alpha value is -1.46. The van der Waals surface area contributed by atoms with Crippen LogP contribution < -0.4 is 0 Å². The average molecular weight is 290 g/mol. The van der Waals surface area contributed by atoms with E-state index in [1.54, 1.807) is 0 Å². The lowest BCUT2D eigenvalue weighted by atomic mass is 10.2. The molecule has 0 aromatic carbocycles. The van der Waals surface area contributed by atoms with Crippen LogP contribution in [0.15, 0.2) is 18.2 Å². The van der Waals surface area contributed by atoms with Crippen molar-refractivity contribution in [3.63, 3.8) is 0 Å². The Bertz CT molecular complexity index is 467.